The van der Waals surface area contributed by atoms with Crippen molar-refractivity contribution in [3.8, 4) is 0 Å². The van der Waals surface area contributed by atoms with Crippen LogP contribution in [0.25, 0.3) is 0 Å². The second kappa shape index (κ2) is 17.3. The summed E-state index contributed by atoms with van der Waals surface area (Å²) in [5, 5.41) is 20.1. The monoisotopic (exact) mass is 401 g/mol. The van der Waals surface area contributed by atoms with Crippen LogP contribution in [0.1, 0.15) is 113 Å². The first kappa shape index (κ1) is 29.6. The Morgan fingerprint density at radius 1 is 0.857 bits per heavy atom. The van der Waals surface area contributed by atoms with E-state index in [1.54, 1.807) is 13.8 Å². The van der Waals surface area contributed by atoms with Crippen LogP contribution < -0.4 is 5.11 Å². The standard InChI is InChI=1S/C18H40NO.C6H12O2/c1-5-8-11-14-19(17-18(4)20,15-12-9-6-2)16-13-10-7-3;1-4-6(2,3)5(7)8/h18,20H,5-17H2,1-4H3;4H2,1-3H3,(H,7,8)/q+1;/p-1. The van der Waals surface area contributed by atoms with Crippen LogP contribution in [0.5, 0.6) is 0 Å². The number of carbonyl (C=O) groups is 1. The fourth-order valence-corrected chi connectivity index (χ4v) is 3.41. The Morgan fingerprint density at radius 3 is 1.39 bits per heavy atom. The predicted molar refractivity (Wildman–Crippen MR) is 119 cm³/mol. The molecule has 0 saturated heterocycles. The summed E-state index contributed by atoms with van der Waals surface area (Å²) < 4.78 is 1.16. The molecule has 0 heterocycles. The lowest BCUT2D eigenvalue weighted by Crippen LogP contribution is -2.53. The number of nitrogens with zero attached hydrogens (tertiary/aromatic N) is 1. The van der Waals surface area contributed by atoms with Gasteiger partial charge in [0.05, 0.1) is 19.6 Å². The number of rotatable bonds is 16. The van der Waals surface area contributed by atoms with Gasteiger partial charge in [-0.15, -0.1) is 0 Å². The minimum atomic E-state index is -0.972. The van der Waals surface area contributed by atoms with Gasteiger partial charge in [0.25, 0.3) is 0 Å². The zero-order chi connectivity index (χ0) is 22.1. The average Bonchev–Trinajstić information content (AvgIpc) is 2.62. The Kier molecular flexibility index (Phi) is 18.2. The van der Waals surface area contributed by atoms with Crippen LogP contribution in [0, 0.1) is 5.41 Å². The second-order valence-electron chi connectivity index (χ2n) is 9.19. The highest BCUT2D eigenvalue weighted by atomic mass is 16.4. The molecule has 0 radical (unpaired) electrons. The lowest BCUT2D eigenvalue weighted by Gasteiger charge is -2.40. The highest BCUT2D eigenvalue weighted by Gasteiger charge is 2.27. The van der Waals surface area contributed by atoms with Gasteiger partial charge in [0.2, 0.25) is 0 Å². The number of aliphatic carboxylic acids is 1. The molecular formula is C24H51NO3. The SMILES string of the molecule is CCC(C)(C)C(=O)[O-].CCCCC[N+](CCCCC)(CCCCC)CC(C)O. The minimum Gasteiger partial charge on any atom is -0.550 e. The molecule has 28 heavy (non-hydrogen) atoms. The van der Waals surface area contributed by atoms with Crippen LogP contribution in [0.2, 0.25) is 0 Å². The molecule has 0 aliphatic heterocycles. The van der Waals surface area contributed by atoms with Gasteiger partial charge >= 0.3 is 0 Å². The summed E-state index contributed by atoms with van der Waals surface area (Å²) >= 11 is 0. The molecule has 0 spiro atoms. The second-order valence-corrected chi connectivity index (χ2v) is 9.19. The van der Waals surface area contributed by atoms with Crippen LogP contribution in [-0.2, 0) is 4.79 Å². The van der Waals surface area contributed by atoms with Gasteiger partial charge < -0.3 is 19.5 Å². The van der Waals surface area contributed by atoms with E-state index in [4.69, 9.17) is 0 Å². The van der Waals surface area contributed by atoms with E-state index < -0.39 is 11.4 Å². The molecule has 1 N–H and O–H groups in total. The first-order valence-electron chi connectivity index (χ1n) is 11.8. The third kappa shape index (κ3) is 15.3. The number of quaternary nitrogens is 1. The van der Waals surface area contributed by atoms with E-state index in [1.807, 2.05) is 13.8 Å². The maximum atomic E-state index is 10.1. The molecule has 0 rings (SSSR count). The first-order chi connectivity index (χ1) is 13.1. The molecule has 4 heteroatoms. The maximum Gasteiger partial charge on any atom is 0.105 e. The van der Waals surface area contributed by atoms with Gasteiger partial charge in [-0.05, 0) is 51.9 Å². The summed E-state index contributed by atoms with van der Waals surface area (Å²) in [6.45, 7) is 18.7. The van der Waals surface area contributed by atoms with Crippen molar-refractivity contribution < 1.29 is 19.5 Å². The Hall–Kier alpha value is -0.610. The third-order valence-electron chi connectivity index (χ3n) is 5.80. The van der Waals surface area contributed by atoms with Crippen molar-refractivity contribution in [2.45, 2.75) is 119 Å². The molecule has 1 atom stereocenters. The normalized spacial score (nSPS) is 13.0. The van der Waals surface area contributed by atoms with Crippen molar-refractivity contribution >= 4 is 5.97 Å². The number of aliphatic hydroxyl groups excluding tert-OH is 1. The Morgan fingerprint density at radius 2 is 1.21 bits per heavy atom. The maximum absolute atomic E-state index is 10.1. The molecule has 0 aliphatic rings. The fourth-order valence-electron chi connectivity index (χ4n) is 3.41. The Labute approximate surface area is 176 Å². The molecule has 4 nitrogen and oxygen atoms in total. The highest BCUT2D eigenvalue weighted by Crippen LogP contribution is 2.18. The topological polar surface area (TPSA) is 60.4 Å². The number of hydrogen-bond donors (Lipinski definition) is 1. The molecule has 1 unspecified atom stereocenters. The molecule has 0 aromatic heterocycles. The summed E-state index contributed by atoms with van der Waals surface area (Å²) in [5.41, 5.74) is -0.653. The van der Waals surface area contributed by atoms with Crippen LogP contribution in [-0.4, -0.2) is 47.8 Å². The number of unbranched alkanes of at least 4 members (excludes halogenated alkanes) is 6. The molecule has 170 valence electrons. The minimum absolute atomic E-state index is 0.167. The van der Waals surface area contributed by atoms with E-state index in [-0.39, 0.29) is 6.10 Å². The zero-order valence-electron chi connectivity index (χ0n) is 20.2. The van der Waals surface area contributed by atoms with Gasteiger partial charge in [0.1, 0.15) is 12.6 Å². The molecule has 0 amide bonds. The average molecular weight is 402 g/mol. The smallest absolute Gasteiger partial charge is 0.105 e. The van der Waals surface area contributed by atoms with Crippen LogP contribution in [0.4, 0.5) is 0 Å². The fraction of sp³-hybridized carbons (Fsp3) is 0.958. The summed E-state index contributed by atoms with van der Waals surface area (Å²) in [5.74, 6) is -0.972. The van der Waals surface area contributed by atoms with E-state index in [9.17, 15) is 15.0 Å². The van der Waals surface area contributed by atoms with Crippen LogP contribution >= 0.6 is 0 Å². The molecular weight excluding hydrogens is 350 g/mol. The van der Waals surface area contributed by atoms with E-state index in [1.165, 1.54) is 77.4 Å². The van der Waals surface area contributed by atoms with E-state index in [0.717, 1.165) is 11.0 Å². The molecule has 0 aliphatic carbocycles. The van der Waals surface area contributed by atoms with Gasteiger partial charge in [0.15, 0.2) is 0 Å². The first-order valence-corrected chi connectivity index (χ1v) is 11.8. The van der Waals surface area contributed by atoms with Crippen LogP contribution in [0.15, 0.2) is 0 Å². The zero-order valence-corrected chi connectivity index (χ0v) is 20.2. The van der Waals surface area contributed by atoms with Crippen LogP contribution in [0.3, 0.4) is 0 Å². The van der Waals surface area contributed by atoms with E-state index >= 15 is 0 Å². The quantitative estimate of drug-likeness (QED) is 0.295. The molecule has 0 aromatic carbocycles. The predicted octanol–water partition coefficient (Wildman–Crippen LogP) is 4.93. The summed E-state index contributed by atoms with van der Waals surface area (Å²) in [6, 6.07) is 0. The lowest BCUT2D eigenvalue weighted by molar-refractivity contribution is -0.931. The van der Waals surface area contributed by atoms with Crippen molar-refractivity contribution in [3.05, 3.63) is 0 Å². The van der Waals surface area contributed by atoms with Gasteiger partial charge in [-0.1, -0.05) is 60.8 Å². The highest BCUT2D eigenvalue weighted by molar-refractivity contribution is 5.71. The van der Waals surface area contributed by atoms with Crippen molar-refractivity contribution in [2.75, 3.05) is 26.2 Å². The van der Waals surface area contributed by atoms with Gasteiger partial charge in [-0.3, -0.25) is 0 Å². The van der Waals surface area contributed by atoms with Gasteiger partial charge in [0, 0.05) is 11.4 Å². The number of carbonyl (C=O) groups excluding carboxylic acids is 1. The molecule has 0 saturated carbocycles. The lowest BCUT2D eigenvalue weighted by atomic mass is 9.91. The number of carboxylic acid groups (broad SMARTS) is 1. The molecule has 0 bridgehead atoms. The number of carboxylic acids is 1. The summed E-state index contributed by atoms with van der Waals surface area (Å²) in [4.78, 5) is 10.1. The largest absolute Gasteiger partial charge is 0.550 e. The Bertz CT molecular complexity index is 340. The third-order valence-corrected chi connectivity index (χ3v) is 5.80. The molecule has 0 aromatic rings. The van der Waals surface area contributed by atoms with E-state index in [2.05, 4.69) is 20.8 Å². The Balaban J connectivity index is 0. The van der Waals surface area contributed by atoms with Crippen molar-refractivity contribution in [2.24, 2.45) is 5.41 Å². The van der Waals surface area contributed by atoms with E-state index in [0.29, 0.717) is 6.42 Å². The number of aliphatic hydroxyl groups is 1. The molecule has 0 fully saturated rings. The summed E-state index contributed by atoms with van der Waals surface area (Å²) in [7, 11) is 0. The van der Waals surface area contributed by atoms with Crippen molar-refractivity contribution in [1.82, 2.24) is 0 Å². The van der Waals surface area contributed by atoms with Gasteiger partial charge in [-0.2, -0.15) is 0 Å². The number of hydrogen-bond acceptors (Lipinski definition) is 3. The van der Waals surface area contributed by atoms with Crippen molar-refractivity contribution in [3.63, 3.8) is 0 Å². The summed E-state index contributed by atoms with van der Waals surface area (Å²) in [6.07, 6.45) is 12.3. The van der Waals surface area contributed by atoms with Crippen molar-refractivity contribution in [1.29, 1.82) is 0 Å². The van der Waals surface area contributed by atoms with Gasteiger partial charge in [-0.25, -0.2) is 0 Å².